The molecular formula is C20H30IN5O. The predicted octanol–water partition coefficient (Wildman–Crippen LogP) is 2.63. The number of nitrogens with one attached hydrogen (secondary N) is 2. The zero-order valence-corrected chi connectivity index (χ0v) is 18.7. The van der Waals surface area contributed by atoms with Crippen LogP contribution in [0, 0.1) is 0 Å². The zero-order chi connectivity index (χ0) is 18.4. The zero-order valence-electron chi connectivity index (χ0n) is 16.4. The van der Waals surface area contributed by atoms with Crippen molar-refractivity contribution in [2.45, 2.75) is 25.9 Å². The molecule has 0 aliphatic carbocycles. The smallest absolute Gasteiger partial charge is 0.191 e. The molecule has 7 heteroatoms. The number of halogens is 1. The monoisotopic (exact) mass is 483 g/mol. The van der Waals surface area contributed by atoms with E-state index >= 15 is 0 Å². The molecule has 0 bridgehead atoms. The highest BCUT2D eigenvalue weighted by molar-refractivity contribution is 14.0. The molecule has 1 fully saturated rings. The first-order valence-electron chi connectivity index (χ1n) is 9.20. The summed E-state index contributed by atoms with van der Waals surface area (Å²) in [5.41, 5.74) is 2.28. The van der Waals surface area contributed by atoms with E-state index in [4.69, 9.17) is 4.74 Å². The maximum Gasteiger partial charge on any atom is 0.191 e. The fraction of sp³-hybridized carbons (Fsp3) is 0.500. The number of hydrogen-bond acceptors (Lipinski definition) is 4. The average Bonchev–Trinajstić information content (AvgIpc) is 2.69. The summed E-state index contributed by atoms with van der Waals surface area (Å²) in [4.78, 5) is 11.3. The van der Waals surface area contributed by atoms with E-state index in [1.807, 2.05) is 31.4 Å². The van der Waals surface area contributed by atoms with Gasteiger partial charge in [0.15, 0.2) is 5.96 Å². The Morgan fingerprint density at radius 2 is 1.93 bits per heavy atom. The third kappa shape index (κ3) is 5.76. The maximum absolute atomic E-state index is 5.46. The average molecular weight is 483 g/mol. The standard InChI is InChI=1S/C20H29N5O.HI/c1-20(2,25-10-12-26-13-11-25)15-24-19(21-3)23-14-16-8-9-22-18-7-5-4-6-17(16)18;/h4-9H,10-15H2,1-3H3,(H2,21,23,24);1H. The van der Waals surface area contributed by atoms with Crippen LogP contribution < -0.4 is 10.6 Å². The Hall–Kier alpha value is -1.45. The maximum atomic E-state index is 5.46. The van der Waals surface area contributed by atoms with Crippen molar-refractivity contribution >= 4 is 40.8 Å². The first-order valence-corrected chi connectivity index (χ1v) is 9.20. The van der Waals surface area contributed by atoms with Crippen LogP contribution in [0.15, 0.2) is 41.5 Å². The van der Waals surface area contributed by atoms with E-state index in [0.29, 0.717) is 6.54 Å². The number of rotatable bonds is 5. The lowest BCUT2D eigenvalue weighted by molar-refractivity contribution is -0.00834. The van der Waals surface area contributed by atoms with E-state index in [0.717, 1.165) is 44.3 Å². The largest absolute Gasteiger partial charge is 0.379 e. The molecule has 0 radical (unpaired) electrons. The van der Waals surface area contributed by atoms with Crippen molar-refractivity contribution in [3.05, 3.63) is 42.1 Å². The van der Waals surface area contributed by atoms with Gasteiger partial charge in [-0.2, -0.15) is 0 Å². The molecule has 0 saturated carbocycles. The molecule has 148 valence electrons. The second-order valence-corrected chi connectivity index (χ2v) is 7.18. The molecule has 0 atom stereocenters. The van der Waals surface area contributed by atoms with Crippen molar-refractivity contribution in [2.75, 3.05) is 39.9 Å². The Morgan fingerprint density at radius 3 is 2.67 bits per heavy atom. The van der Waals surface area contributed by atoms with Gasteiger partial charge in [-0.05, 0) is 31.5 Å². The predicted molar refractivity (Wildman–Crippen MR) is 122 cm³/mol. The third-order valence-corrected chi connectivity index (χ3v) is 4.96. The van der Waals surface area contributed by atoms with Crippen molar-refractivity contribution in [1.29, 1.82) is 0 Å². The van der Waals surface area contributed by atoms with Gasteiger partial charge in [0, 0.05) is 50.3 Å². The molecule has 2 heterocycles. The molecule has 6 nitrogen and oxygen atoms in total. The molecule has 1 aliphatic heterocycles. The van der Waals surface area contributed by atoms with Gasteiger partial charge in [-0.1, -0.05) is 18.2 Å². The van der Waals surface area contributed by atoms with Crippen LogP contribution in [0.25, 0.3) is 10.9 Å². The molecule has 0 amide bonds. The van der Waals surface area contributed by atoms with Crippen LogP contribution in [0.1, 0.15) is 19.4 Å². The Bertz CT molecular complexity index is 754. The van der Waals surface area contributed by atoms with Gasteiger partial charge < -0.3 is 15.4 Å². The number of aliphatic imine (C=N–C) groups is 1. The van der Waals surface area contributed by atoms with Crippen LogP contribution in [0.3, 0.4) is 0 Å². The summed E-state index contributed by atoms with van der Waals surface area (Å²) in [6, 6.07) is 10.3. The summed E-state index contributed by atoms with van der Waals surface area (Å²) in [5.74, 6) is 0.812. The van der Waals surface area contributed by atoms with Gasteiger partial charge in [0.1, 0.15) is 0 Å². The van der Waals surface area contributed by atoms with E-state index < -0.39 is 0 Å². The third-order valence-electron chi connectivity index (χ3n) is 4.96. The molecule has 0 spiro atoms. The number of benzene rings is 1. The SMILES string of the molecule is CN=C(NCc1ccnc2ccccc12)NCC(C)(C)N1CCOCC1.I. The Labute approximate surface area is 178 Å². The van der Waals surface area contributed by atoms with E-state index in [2.05, 4.69) is 51.5 Å². The first-order chi connectivity index (χ1) is 12.6. The van der Waals surface area contributed by atoms with E-state index in [-0.39, 0.29) is 29.5 Å². The fourth-order valence-electron chi connectivity index (χ4n) is 3.29. The summed E-state index contributed by atoms with van der Waals surface area (Å²) < 4.78 is 5.46. The number of pyridine rings is 1. The van der Waals surface area contributed by atoms with Gasteiger partial charge in [0.2, 0.25) is 0 Å². The minimum atomic E-state index is 0. The van der Waals surface area contributed by atoms with E-state index in [1.54, 1.807) is 0 Å². The van der Waals surface area contributed by atoms with Gasteiger partial charge in [-0.15, -0.1) is 24.0 Å². The summed E-state index contributed by atoms with van der Waals surface area (Å²) in [6.45, 7) is 9.62. The normalized spacial score (nSPS) is 16.0. The highest BCUT2D eigenvalue weighted by Gasteiger charge is 2.28. The molecule has 1 aromatic heterocycles. The van der Waals surface area contributed by atoms with Crippen LogP contribution in [-0.2, 0) is 11.3 Å². The number of hydrogen-bond donors (Lipinski definition) is 2. The van der Waals surface area contributed by atoms with Crippen LogP contribution in [-0.4, -0.2) is 61.3 Å². The fourth-order valence-corrected chi connectivity index (χ4v) is 3.29. The van der Waals surface area contributed by atoms with E-state index in [1.165, 1.54) is 10.9 Å². The van der Waals surface area contributed by atoms with Crippen molar-refractivity contribution in [2.24, 2.45) is 4.99 Å². The molecule has 1 saturated heterocycles. The lowest BCUT2D eigenvalue weighted by Crippen LogP contribution is -2.56. The number of morpholine rings is 1. The van der Waals surface area contributed by atoms with Crippen molar-refractivity contribution in [1.82, 2.24) is 20.5 Å². The molecule has 1 aromatic carbocycles. The second-order valence-electron chi connectivity index (χ2n) is 7.18. The summed E-state index contributed by atoms with van der Waals surface area (Å²) in [5, 5.41) is 8.06. The van der Waals surface area contributed by atoms with Crippen LogP contribution in [0.2, 0.25) is 0 Å². The van der Waals surface area contributed by atoms with Gasteiger partial charge in [-0.3, -0.25) is 14.9 Å². The van der Waals surface area contributed by atoms with Gasteiger partial charge in [0.25, 0.3) is 0 Å². The Balaban J connectivity index is 0.00000261. The summed E-state index contributed by atoms with van der Waals surface area (Å²) in [6.07, 6.45) is 1.86. The minimum absolute atomic E-state index is 0. The number of fused-ring (bicyclic) bond motifs is 1. The van der Waals surface area contributed by atoms with Crippen molar-refractivity contribution in [3.63, 3.8) is 0 Å². The molecular weight excluding hydrogens is 453 g/mol. The quantitative estimate of drug-likeness (QED) is 0.389. The van der Waals surface area contributed by atoms with Crippen molar-refractivity contribution in [3.8, 4) is 0 Å². The molecule has 3 rings (SSSR count). The number of ether oxygens (including phenoxy) is 1. The topological polar surface area (TPSA) is 61.8 Å². The van der Waals surface area contributed by atoms with Crippen LogP contribution >= 0.6 is 24.0 Å². The highest BCUT2D eigenvalue weighted by Crippen LogP contribution is 2.16. The number of para-hydroxylation sites is 1. The number of nitrogens with zero attached hydrogens (tertiary/aromatic N) is 3. The molecule has 2 aromatic rings. The molecule has 1 aliphatic rings. The molecule has 2 N–H and O–H groups in total. The molecule has 27 heavy (non-hydrogen) atoms. The molecule has 0 unspecified atom stereocenters. The lowest BCUT2D eigenvalue weighted by Gasteiger charge is -2.41. The van der Waals surface area contributed by atoms with E-state index in [9.17, 15) is 0 Å². The lowest BCUT2D eigenvalue weighted by atomic mass is 10.0. The Kier molecular flexibility index (Phi) is 8.25. The summed E-state index contributed by atoms with van der Waals surface area (Å²) >= 11 is 0. The van der Waals surface area contributed by atoms with Crippen LogP contribution in [0.5, 0.6) is 0 Å². The summed E-state index contributed by atoms with van der Waals surface area (Å²) in [7, 11) is 1.81. The highest BCUT2D eigenvalue weighted by atomic mass is 127. The minimum Gasteiger partial charge on any atom is -0.379 e. The second kappa shape index (κ2) is 10.2. The Morgan fingerprint density at radius 1 is 1.19 bits per heavy atom. The van der Waals surface area contributed by atoms with Gasteiger partial charge in [-0.25, -0.2) is 0 Å². The first kappa shape index (κ1) is 21.8. The number of guanidine groups is 1. The van der Waals surface area contributed by atoms with Crippen molar-refractivity contribution < 1.29 is 4.74 Å². The number of aromatic nitrogens is 1. The van der Waals surface area contributed by atoms with Gasteiger partial charge >= 0.3 is 0 Å². The van der Waals surface area contributed by atoms with Crippen LogP contribution in [0.4, 0.5) is 0 Å². The van der Waals surface area contributed by atoms with Gasteiger partial charge in [0.05, 0.1) is 18.7 Å².